The molecule has 1 aromatic carbocycles. The zero-order valence-corrected chi connectivity index (χ0v) is 12.3. The Hall–Kier alpha value is -1.89. The minimum Gasteiger partial charge on any atom is -0.362 e. The minimum absolute atomic E-state index is 0.154. The van der Waals surface area contributed by atoms with Crippen molar-refractivity contribution in [3.8, 4) is 0 Å². The molecule has 0 spiro atoms. The third-order valence-corrected chi connectivity index (χ3v) is 3.56. The number of benzene rings is 1. The Bertz CT molecular complexity index is 584. The summed E-state index contributed by atoms with van der Waals surface area (Å²) in [5.74, 6) is -1.18. The van der Waals surface area contributed by atoms with Crippen molar-refractivity contribution in [1.29, 1.82) is 0 Å². The topological polar surface area (TPSA) is 52.9 Å². The Morgan fingerprint density at radius 3 is 2.45 bits per heavy atom. The van der Waals surface area contributed by atoms with Gasteiger partial charge in [0.15, 0.2) is 0 Å². The van der Waals surface area contributed by atoms with Crippen LogP contribution in [0.4, 0.5) is 13.2 Å². The van der Waals surface area contributed by atoms with E-state index >= 15 is 0 Å². The molecule has 0 unspecified atom stereocenters. The molecule has 0 radical (unpaired) electrons. The molecule has 1 aliphatic heterocycles. The Balaban J connectivity index is 2.30. The Morgan fingerprint density at radius 1 is 1.36 bits per heavy atom. The third-order valence-electron chi connectivity index (χ3n) is 3.56. The highest BCUT2D eigenvalue weighted by Gasteiger charge is 2.63. The van der Waals surface area contributed by atoms with Crippen molar-refractivity contribution >= 4 is 11.6 Å². The van der Waals surface area contributed by atoms with E-state index in [2.05, 4.69) is 5.10 Å². The van der Waals surface area contributed by atoms with E-state index in [0.29, 0.717) is 5.56 Å². The second-order valence-corrected chi connectivity index (χ2v) is 5.61. The maximum atomic E-state index is 13.2. The highest BCUT2D eigenvalue weighted by Crippen LogP contribution is 2.41. The number of nitrogens with zero attached hydrogens (tertiary/aromatic N) is 2. The van der Waals surface area contributed by atoms with Crippen molar-refractivity contribution in [2.75, 3.05) is 0 Å². The van der Waals surface area contributed by atoms with Crippen LogP contribution >= 0.6 is 0 Å². The summed E-state index contributed by atoms with van der Waals surface area (Å²) in [6.07, 6.45) is -5.94. The van der Waals surface area contributed by atoms with E-state index in [1.807, 2.05) is 0 Å². The van der Waals surface area contributed by atoms with E-state index in [1.54, 1.807) is 44.2 Å². The van der Waals surface area contributed by atoms with Gasteiger partial charge in [0.1, 0.15) is 0 Å². The lowest BCUT2D eigenvalue weighted by molar-refractivity contribution is -0.302. The van der Waals surface area contributed by atoms with Gasteiger partial charge in [0.25, 0.3) is 5.72 Å². The van der Waals surface area contributed by atoms with Crippen molar-refractivity contribution in [1.82, 2.24) is 5.01 Å². The molecule has 1 aromatic rings. The lowest BCUT2D eigenvalue weighted by atomic mass is 9.99. The normalized spacial score (nSPS) is 22.1. The van der Waals surface area contributed by atoms with Gasteiger partial charge in [0.05, 0.1) is 6.42 Å². The zero-order chi connectivity index (χ0) is 16.5. The number of amides is 1. The van der Waals surface area contributed by atoms with E-state index in [4.69, 9.17) is 0 Å². The second kappa shape index (κ2) is 5.72. The van der Waals surface area contributed by atoms with Gasteiger partial charge in [-0.1, -0.05) is 44.2 Å². The molecule has 0 bridgehead atoms. The van der Waals surface area contributed by atoms with E-state index in [0.717, 1.165) is 0 Å². The van der Waals surface area contributed by atoms with E-state index in [9.17, 15) is 23.1 Å². The maximum absolute atomic E-state index is 13.2. The Labute approximate surface area is 126 Å². The van der Waals surface area contributed by atoms with Gasteiger partial charge < -0.3 is 5.11 Å². The molecule has 0 fully saturated rings. The number of halogens is 3. The summed E-state index contributed by atoms with van der Waals surface area (Å²) in [6.45, 7) is 3.33. The molecular formula is C15H17F3N2O2. The first-order chi connectivity index (χ1) is 10.1. The van der Waals surface area contributed by atoms with Gasteiger partial charge in [-0.2, -0.15) is 23.3 Å². The molecule has 22 heavy (non-hydrogen) atoms. The van der Waals surface area contributed by atoms with Crippen LogP contribution in [0.25, 0.3) is 0 Å². The number of carbonyl (C=O) groups is 1. The van der Waals surface area contributed by atoms with Gasteiger partial charge in [-0.3, -0.25) is 4.79 Å². The molecule has 1 amide bonds. The van der Waals surface area contributed by atoms with Gasteiger partial charge in [-0.05, 0) is 11.5 Å². The van der Waals surface area contributed by atoms with Crippen molar-refractivity contribution < 1.29 is 23.1 Å². The predicted octanol–water partition coefficient (Wildman–Crippen LogP) is 2.72. The number of hydrazone groups is 1. The molecule has 0 aromatic heterocycles. The summed E-state index contributed by atoms with van der Waals surface area (Å²) < 4.78 is 39.6. The quantitative estimate of drug-likeness (QED) is 0.932. The third kappa shape index (κ3) is 2.99. The monoisotopic (exact) mass is 314 g/mol. The minimum atomic E-state index is -4.97. The molecule has 7 heteroatoms. The standard InChI is InChI=1S/C15H17F3N2O2/c1-10(2)12-9-14(22,15(16,17)18)20(19-12)13(21)8-11-6-4-3-5-7-11/h3-7,10,22H,8-9H2,1-2H3/t14-/m0/s1. The predicted molar refractivity (Wildman–Crippen MR) is 74.9 cm³/mol. The summed E-state index contributed by atoms with van der Waals surface area (Å²) in [5.41, 5.74) is -2.55. The van der Waals surface area contributed by atoms with Crippen LogP contribution < -0.4 is 0 Å². The SMILES string of the molecule is CC(C)C1=NN(C(=O)Cc2ccccc2)[C@@](O)(C(F)(F)F)C1. The van der Waals surface area contributed by atoms with Gasteiger partial charge in [0, 0.05) is 12.1 Å². The Kier molecular flexibility index (Phi) is 4.28. The van der Waals surface area contributed by atoms with Crippen LogP contribution in [0.3, 0.4) is 0 Å². The number of aliphatic hydroxyl groups is 1. The molecule has 1 atom stereocenters. The summed E-state index contributed by atoms with van der Waals surface area (Å²) in [4.78, 5) is 12.2. The smallest absolute Gasteiger partial charge is 0.362 e. The molecule has 120 valence electrons. The van der Waals surface area contributed by atoms with Crippen molar-refractivity contribution in [2.24, 2.45) is 11.0 Å². The zero-order valence-electron chi connectivity index (χ0n) is 12.3. The molecule has 0 saturated heterocycles. The van der Waals surface area contributed by atoms with Crippen LogP contribution in [0, 0.1) is 5.92 Å². The van der Waals surface area contributed by atoms with Gasteiger partial charge in [0.2, 0.25) is 5.91 Å². The molecule has 1 aliphatic rings. The highest BCUT2D eigenvalue weighted by atomic mass is 19.4. The number of hydrogen-bond acceptors (Lipinski definition) is 3. The molecular weight excluding hydrogens is 297 g/mol. The largest absolute Gasteiger partial charge is 0.438 e. The van der Waals surface area contributed by atoms with Gasteiger partial charge >= 0.3 is 6.18 Å². The van der Waals surface area contributed by atoms with Crippen molar-refractivity contribution in [3.05, 3.63) is 35.9 Å². The van der Waals surface area contributed by atoms with E-state index in [-0.39, 0.29) is 23.1 Å². The summed E-state index contributed by atoms with van der Waals surface area (Å²) in [7, 11) is 0. The molecule has 0 aliphatic carbocycles. The number of carbonyl (C=O) groups excluding carboxylic acids is 1. The van der Waals surface area contributed by atoms with E-state index in [1.165, 1.54) is 0 Å². The maximum Gasteiger partial charge on any atom is 0.438 e. The van der Waals surface area contributed by atoms with Crippen LogP contribution in [-0.4, -0.2) is 33.6 Å². The van der Waals surface area contributed by atoms with Crippen LogP contribution in [0.15, 0.2) is 35.4 Å². The van der Waals surface area contributed by atoms with Crippen LogP contribution in [0.1, 0.15) is 25.8 Å². The van der Waals surface area contributed by atoms with E-state index < -0.39 is 24.2 Å². The first-order valence-corrected chi connectivity index (χ1v) is 6.88. The molecule has 0 saturated carbocycles. The van der Waals surface area contributed by atoms with Crippen LogP contribution in [0.2, 0.25) is 0 Å². The van der Waals surface area contributed by atoms with Crippen LogP contribution in [-0.2, 0) is 11.2 Å². The fourth-order valence-electron chi connectivity index (χ4n) is 2.22. The van der Waals surface area contributed by atoms with Gasteiger partial charge in [-0.25, -0.2) is 0 Å². The van der Waals surface area contributed by atoms with Crippen LogP contribution in [0.5, 0.6) is 0 Å². The number of alkyl halides is 3. The number of rotatable bonds is 3. The first-order valence-electron chi connectivity index (χ1n) is 6.88. The number of hydrogen-bond donors (Lipinski definition) is 1. The Morgan fingerprint density at radius 2 is 1.95 bits per heavy atom. The summed E-state index contributed by atoms with van der Waals surface area (Å²) >= 11 is 0. The first kappa shape index (κ1) is 16.5. The fraction of sp³-hybridized carbons (Fsp3) is 0.467. The average Bonchev–Trinajstić information content (AvgIpc) is 2.79. The van der Waals surface area contributed by atoms with Gasteiger partial charge in [-0.15, -0.1) is 0 Å². The lowest BCUT2D eigenvalue weighted by Gasteiger charge is -2.32. The molecule has 1 N–H and O–H groups in total. The average molecular weight is 314 g/mol. The van der Waals surface area contributed by atoms with Crippen molar-refractivity contribution in [2.45, 2.75) is 38.6 Å². The highest BCUT2D eigenvalue weighted by molar-refractivity contribution is 5.92. The summed E-state index contributed by atoms with van der Waals surface area (Å²) in [5, 5.41) is 13.9. The molecule has 2 rings (SSSR count). The molecule has 4 nitrogen and oxygen atoms in total. The second-order valence-electron chi connectivity index (χ2n) is 5.61. The lowest BCUT2D eigenvalue weighted by Crippen LogP contribution is -2.57. The van der Waals surface area contributed by atoms with Crippen molar-refractivity contribution in [3.63, 3.8) is 0 Å². The fourth-order valence-corrected chi connectivity index (χ4v) is 2.22. The molecule has 1 heterocycles. The summed E-state index contributed by atoms with van der Waals surface area (Å²) in [6, 6.07) is 8.38.